The number of unbranched alkanes of at least 4 members (excludes halogenated alkanes) is 1. The van der Waals surface area contributed by atoms with Gasteiger partial charge in [0.15, 0.2) is 0 Å². The number of aliphatic carboxylic acids is 2. The SMILES string of the molecule is CC(C)C(N)C(=O)NC(CCC(=O)O)C(=O)NC(CCCCN)C(=O)NC(Cc1ccccc1)C(=O)O. The quantitative estimate of drug-likeness (QED) is 0.134. The number of hydrogen-bond acceptors (Lipinski definition) is 7. The van der Waals surface area contributed by atoms with Crippen LogP contribution in [0.5, 0.6) is 0 Å². The molecule has 3 amide bonds. The van der Waals surface area contributed by atoms with Gasteiger partial charge in [-0.05, 0) is 43.7 Å². The van der Waals surface area contributed by atoms with Gasteiger partial charge in [-0.3, -0.25) is 19.2 Å². The zero-order valence-corrected chi connectivity index (χ0v) is 21.3. The smallest absolute Gasteiger partial charge is 0.326 e. The third-order valence-electron chi connectivity index (χ3n) is 5.78. The van der Waals surface area contributed by atoms with Crippen LogP contribution in [0.1, 0.15) is 51.5 Å². The molecule has 0 saturated carbocycles. The summed E-state index contributed by atoms with van der Waals surface area (Å²) in [6.07, 6.45) is 0.607. The van der Waals surface area contributed by atoms with Gasteiger partial charge >= 0.3 is 11.9 Å². The maximum atomic E-state index is 13.1. The maximum absolute atomic E-state index is 13.1. The summed E-state index contributed by atoms with van der Waals surface area (Å²) in [5, 5.41) is 26.2. The second-order valence-corrected chi connectivity index (χ2v) is 9.20. The molecule has 37 heavy (non-hydrogen) atoms. The van der Waals surface area contributed by atoms with Gasteiger partial charge in [0.25, 0.3) is 0 Å². The predicted octanol–water partition coefficient (Wildman–Crippen LogP) is -0.255. The second kappa shape index (κ2) is 16.3. The molecule has 12 nitrogen and oxygen atoms in total. The molecule has 0 fully saturated rings. The number of carboxylic acids is 2. The minimum Gasteiger partial charge on any atom is -0.481 e. The molecular formula is C25H39N5O7. The second-order valence-electron chi connectivity index (χ2n) is 9.20. The van der Waals surface area contributed by atoms with E-state index in [9.17, 15) is 29.1 Å². The summed E-state index contributed by atoms with van der Waals surface area (Å²) in [6, 6.07) is 4.23. The first-order valence-electron chi connectivity index (χ1n) is 12.3. The predicted molar refractivity (Wildman–Crippen MR) is 136 cm³/mol. The molecule has 206 valence electrons. The molecule has 1 rings (SSSR count). The standard InChI is InChI=1S/C25H39N5O7/c1-15(2)21(27)24(35)29-18(11-12-20(31)32)23(34)28-17(10-6-7-13-26)22(33)30-19(25(36)37)14-16-8-4-3-5-9-16/h3-5,8-9,15,17-19,21H,6-7,10-14,26-27H2,1-2H3,(H,28,34)(H,29,35)(H,30,33)(H,31,32)(H,36,37). The summed E-state index contributed by atoms with van der Waals surface area (Å²) in [5.74, 6) is -4.74. The van der Waals surface area contributed by atoms with Gasteiger partial charge in [-0.15, -0.1) is 0 Å². The molecule has 9 N–H and O–H groups in total. The summed E-state index contributed by atoms with van der Waals surface area (Å²) in [5.41, 5.74) is 12.1. The molecule has 0 bridgehead atoms. The van der Waals surface area contributed by atoms with E-state index in [4.69, 9.17) is 16.6 Å². The number of nitrogens with one attached hydrogen (secondary N) is 3. The molecule has 0 heterocycles. The zero-order valence-electron chi connectivity index (χ0n) is 21.3. The van der Waals surface area contributed by atoms with Crippen LogP contribution in [-0.4, -0.2) is 70.6 Å². The largest absolute Gasteiger partial charge is 0.481 e. The Morgan fingerprint density at radius 1 is 0.811 bits per heavy atom. The fourth-order valence-electron chi connectivity index (χ4n) is 3.46. The van der Waals surface area contributed by atoms with E-state index < -0.39 is 60.2 Å². The monoisotopic (exact) mass is 521 g/mol. The Morgan fingerprint density at radius 2 is 1.35 bits per heavy atom. The van der Waals surface area contributed by atoms with Crippen LogP contribution in [-0.2, 0) is 30.4 Å². The molecule has 0 radical (unpaired) electrons. The summed E-state index contributed by atoms with van der Waals surface area (Å²) < 4.78 is 0. The number of nitrogens with two attached hydrogens (primary N) is 2. The highest BCUT2D eigenvalue weighted by atomic mass is 16.4. The van der Waals surface area contributed by atoms with E-state index in [2.05, 4.69) is 16.0 Å². The first-order valence-corrected chi connectivity index (χ1v) is 12.3. The first kappa shape index (κ1) is 31.5. The Bertz CT molecular complexity index is 910. The molecule has 0 aliphatic rings. The molecule has 1 aromatic rings. The van der Waals surface area contributed by atoms with Gasteiger partial charge in [0, 0.05) is 12.8 Å². The van der Waals surface area contributed by atoms with Crippen LogP contribution in [0, 0.1) is 5.92 Å². The van der Waals surface area contributed by atoms with Gasteiger partial charge in [-0.1, -0.05) is 44.2 Å². The topological polar surface area (TPSA) is 214 Å². The van der Waals surface area contributed by atoms with Crippen molar-refractivity contribution in [2.24, 2.45) is 17.4 Å². The fraction of sp³-hybridized carbons (Fsp3) is 0.560. The lowest BCUT2D eigenvalue weighted by Gasteiger charge is -2.25. The van der Waals surface area contributed by atoms with Crippen LogP contribution in [0.3, 0.4) is 0 Å². The van der Waals surface area contributed by atoms with Crippen molar-refractivity contribution in [1.29, 1.82) is 0 Å². The first-order chi connectivity index (χ1) is 17.5. The Labute approximate surface area is 216 Å². The third-order valence-corrected chi connectivity index (χ3v) is 5.78. The number of hydrogen-bond donors (Lipinski definition) is 7. The normalized spacial score (nSPS) is 14.2. The third kappa shape index (κ3) is 11.8. The molecule has 0 aromatic heterocycles. The molecule has 4 atom stereocenters. The highest BCUT2D eigenvalue weighted by Gasteiger charge is 2.31. The average Bonchev–Trinajstić information content (AvgIpc) is 2.85. The lowest BCUT2D eigenvalue weighted by molar-refractivity contribution is -0.142. The number of carbonyl (C=O) groups is 5. The Hall–Kier alpha value is -3.51. The number of benzene rings is 1. The van der Waals surface area contributed by atoms with Crippen LogP contribution in [0.2, 0.25) is 0 Å². The highest BCUT2D eigenvalue weighted by molar-refractivity contribution is 5.94. The van der Waals surface area contributed by atoms with E-state index in [1.807, 2.05) is 0 Å². The van der Waals surface area contributed by atoms with Crippen LogP contribution >= 0.6 is 0 Å². The zero-order chi connectivity index (χ0) is 28.0. The Morgan fingerprint density at radius 3 is 1.86 bits per heavy atom. The summed E-state index contributed by atoms with van der Waals surface area (Å²) >= 11 is 0. The molecule has 1 aromatic carbocycles. The van der Waals surface area contributed by atoms with Crippen LogP contribution in [0.25, 0.3) is 0 Å². The lowest BCUT2D eigenvalue weighted by atomic mass is 10.0. The fourth-order valence-corrected chi connectivity index (χ4v) is 3.46. The minimum absolute atomic E-state index is 0.0375. The molecule has 12 heteroatoms. The molecule has 0 aliphatic carbocycles. The van der Waals surface area contributed by atoms with Crippen molar-refractivity contribution in [2.75, 3.05) is 6.54 Å². The van der Waals surface area contributed by atoms with Gasteiger partial charge in [0.05, 0.1) is 6.04 Å². The van der Waals surface area contributed by atoms with Crippen LogP contribution in [0.4, 0.5) is 0 Å². The maximum Gasteiger partial charge on any atom is 0.326 e. The number of carboxylic acid groups (broad SMARTS) is 2. The van der Waals surface area contributed by atoms with Gasteiger partial charge in [0.2, 0.25) is 17.7 Å². The van der Waals surface area contributed by atoms with E-state index in [-0.39, 0.29) is 25.2 Å². The van der Waals surface area contributed by atoms with Crippen molar-refractivity contribution in [3.8, 4) is 0 Å². The van der Waals surface area contributed by atoms with Crippen molar-refractivity contribution in [2.45, 2.75) is 76.5 Å². The van der Waals surface area contributed by atoms with Crippen molar-refractivity contribution in [3.63, 3.8) is 0 Å². The summed E-state index contributed by atoms with van der Waals surface area (Å²) in [4.78, 5) is 61.5. The Kier molecular flexibility index (Phi) is 13.9. The van der Waals surface area contributed by atoms with Gasteiger partial charge < -0.3 is 37.6 Å². The van der Waals surface area contributed by atoms with E-state index in [1.54, 1.807) is 44.2 Å². The molecule has 4 unspecified atom stereocenters. The molecule has 0 aliphatic heterocycles. The van der Waals surface area contributed by atoms with Gasteiger partial charge in [-0.25, -0.2) is 4.79 Å². The number of rotatable bonds is 17. The van der Waals surface area contributed by atoms with Crippen molar-refractivity contribution < 1.29 is 34.2 Å². The molecule has 0 spiro atoms. The van der Waals surface area contributed by atoms with Crippen LogP contribution in [0.15, 0.2) is 30.3 Å². The highest BCUT2D eigenvalue weighted by Crippen LogP contribution is 2.08. The summed E-state index contributed by atoms with van der Waals surface area (Å²) in [6.45, 7) is 3.81. The van der Waals surface area contributed by atoms with E-state index in [1.165, 1.54) is 0 Å². The average molecular weight is 522 g/mol. The van der Waals surface area contributed by atoms with Crippen molar-refractivity contribution in [3.05, 3.63) is 35.9 Å². The minimum atomic E-state index is -1.25. The van der Waals surface area contributed by atoms with Crippen LogP contribution < -0.4 is 27.4 Å². The Balaban J connectivity index is 3.04. The van der Waals surface area contributed by atoms with Gasteiger partial charge in [0.1, 0.15) is 18.1 Å². The number of carbonyl (C=O) groups excluding carboxylic acids is 3. The van der Waals surface area contributed by atoms with E-state index >= 15 is 0 Å². The molecular weight excluding hydrogens is 482 g/mol. The van der Waals surface area contributed by atoms with E-state index in [0.717, 1.165) is 0 Å². The van der Waals surface area contributed by atoms with Crippen molar-refractivity contribution in [1.82, 2.24) is 16.0 Å². The molecule has 0 saturated heterocycles. The van der Waals surface area contributed by atoms with Crippen molar-refractivity contribution >= 4 is 29.7 Å². The summed E-state index contributed by atoms with van der Waals surface area (Å²) in [7, 11) is 0. The van der Waals surface area contributed by atoms with Gasteiger partial charge in [-0.2, -0.15) is 0 Å². The van der Waals surface area contributed by atoms with E-state index in [0.29, 0.717) is 24.9 Å². The number of amides is 3. The lowest BCUT2D eigenvalue weighted by Crippen LogP contribution is -2.57.